The summed E-state index contributed by atoms with van der Waals surface area (Å²) in [5.74, 6) is 0.805. The second kappa shape index (κ2) is 9.07. The minimum absolute atomic E-state index is 0.0236. The first-order valence-corrected chi connectivity index (χ1v) is 11.4. The summed E-state index contributed by atoms with van der Waals surface area (Å²) < 4.78 is 14.0. The maximum Gasteiger partial charge on any atom is 0.274 e. The standard InChI is InChI=1S/C23H29N7O4/c1-24-20-11-19(26-17-5-4-8-29(23(17)32)13-9-14(10-13)33-2)28-21-15(12-25-30(20)21)22(31)27-16-6-7-18(16)34-3/h4-5,8,11-14,16,18,24H,6-7,9-10H2,1-3H3,(H,26,28)(H,27,31)/t13-,14-,16?,18-/m0/s1. The van der Waals surface area contributed by atoms with Crippen molar-refractivity contribution in [1.29, 1.82) is 0 Å². The average Bonchev–Trinajstić information content (AvgIpc) is 3.22. The summed E-state index contributed by atoms with van der Waals surface area (Å²) in [6, 6.07) is 5.40. The molecule has 0 saturated heterocycles. The lowest BCUT2D eigenvalue weighted by molar-refractivity contribution is 0.00522. The monoisotopic (exact) mass is 467 g/mol. The number of anilines is 3. The highest BCUT2D eigenvalue weighted by molar-refractivity contribution is 6.00. The molecule has 3 aromatic heterocycles. The normalized spacial score (nSPS) is 23.7. The molecule has 34 heavy (non-hydrogen) atoms. The van der Waals surface area contributed by atoms with Gasteiger partial charge in [0.2, 0.25) is 0 Å². The van der Waals surface area contributed by atoms with Gasteiger partial charge in [0, 0.05) is 39.6 Å². The van der Waals surface area contributed by atoms with Crippen LogP contribution in [0.15, 0.2) is 35.4 Å². The molecular weight excluding hydrogens is 438 g/mol. The maximum atomic E-state index is 13.1. The van der Waals surface area contributed by atoms with E-state index in [2.05, 4.69) is 26.0 Å². The number of hydrogen-bond acceptors (Lipinski definition) is 8. The zero-order chi connectivity index (χ0) is 23.8. The number of aromatic nitrogens is 4. The minimum atomic E-state index is -0.256. The zero-order valence-corrected chi connectivity index (χ0v) is 19.4. The van der Waals surface area contributed by atoms with E-state index in [0.29, 0.717) is 28.5 Å². The summed E-state index contributed by atoms with van der Waals surface area (Å²) in [5.41, 5.74) is 1.02. The van der Waals surface area contributed by atoms with Crippen molar-refractivity contribution >= 4 is 28.9 Å². The molecule has 0 aliphatic heterocycles. The van der Waals surface area contributed by atoms with Crippen molar-refractivity contribution < 1.29 is 14.3 Å². The summed E-state index contributed by atoms with van der Waals surface area (Å²) in [7, 11) is 5.10. The van der Waals surface area contributed by atoms with Crippen LogP contribution >= 0.6 is 0 Å². The minimum Gasteiger partial charge on any atom is -0.381 e. The number of rotatable bonds is 8. The van der Waals surface area contributed by atoms with Crippen LogP contribution in [-0.4, -0.2) is 64.6 Å². The Kier molecular flexibility index (Phi) is 5.96. The fraction of sp³-hybridized carbons (Fsp3) is 0.478. The molecule has 0 radical (unpaired) electrons. The van der Waals surface area contributed by atoms with Gasteiger partial charge >= 0.3 is 0 Å². The quantitative estimate of drug-likeness (QED) is 0.459. The zero-order valence-electron chi connectivity index (χ0n) is 19.4. The van der Waals surface area contributed by atoms with Crippen LogP contribution in [0.25, 0.3) is 5.65 Å². The first kappa shape index (κ1) is 22.4. The van der Waals surface area contributed by atoms with Gasteiger partial charge in [0.25, 0.3) is 11.5 Å². The molecular formula is C23H29N7O4. The summed E-state index contributed by atoms with van der Waals surface area (Å²) >= 11 is 0. The van der Waals surface area contributed by atoms with E-state index in [9.17, 15) is 9.59 Å². The Morgan fingerprint density at radius 1 is 1.21 bits per heavy atom. The molecule has 1 unspecified atom stereocenters. The van der Waals surface area contributed by atoms with Crippen molar-refractivity contribution in [2.24, 2.45) is 0 Å². The van der Waals surface area contributed by atoms with E-state index in [-0.39, 0.29) is 35.8 Å². The van der Waals surface area contributed by atoms with Crippen LogP contribution in [0, 0.1) is 0 Å². The molecule has 11 heteroatoms. The van der Waals surface area contributed by atoms with Crippen molar-refractivity contribution in [2.75, 3.05) is 31.9 Å². The van der Waals surface area contributed by atoms with Crippen LogP contribution in [0.5, 0.6) is 0 Å². The lowest BCUT2D eigenvalue weighted by atomic mass is 9.89. The number of fused-ring (bicyclic) bond motifs is 1. The SMILES string of the molecule is CNc1cc(Nc2cccn([C@H]3C[C@H](OC)C3)c2=O)nc2c(C(=O)NC3CC[C@@H]3OC)cnn12. The number of ether oxygens (including phenoxy) is 2. The number of carbonyl (C=O) groups is 1. The van der Waals surface area contributed by atoms with E-state index in [0.717, 1.165) is 25.7 Å². The number of nitrogens with one attached hydrogen (secondary N) is 3. The lowest BCUT2D eigenvalue weighted by Gasteiger charge is -2.35. The Morgan fingerprint density at radius 2 is 2.03 bits per heavy atom. The summed E-state index contributed by atoms with van der Waals surface area (Å²) in [6.07, 6.45) is 6.94. The molecule has 0 spiro atoms. The molecule has 2 aliphatic rings. The molecule has 180 valence electrons. The Hall–Kier alpha value is -3.44. The summed E-state index contributed by atoms with van der Waals surface area (Å²) in [6.45, 7) is 0. The van der Waals surface area contributed by atoms with Crippen LogP contribution in [0.2, 0.25) is 0 Å². The van der Waals surface area contributed by atoms with Crippen molar-refractivity contribution in [3.05, 3.63) is 46.5 Å². The highest BCUT2D eigenvalue weighted by Gasteiger charge is 2.33. The highest BCUT2D eigenvalue weighted by Crippen LogP contribution is 2.33. The fourth-order valence-electron chi connectivity index (χ4n) is 4.52. The number of amides is 1. The van der Waals surface area contributed by atoms with Gasteiger partial charge in [-0.3, -0.25) is 9.59 Å². The van der Waals surface area contributed by atoms with Gasteiger partial charge in [0.1, 0.15) is 22.9 Å². The van der Waals surface area contributed by atoms with E-state index >= 15 is 0 Å². The number of nitrogens with zero attached hydrogens (tertiary/aromatic N) is 4. The first-order chi connectivity index (χ1) is 16.5. The molecule has 0 aromatic carbocycles. The summed E-state index contributed by atoms with van der Waals surface area (Å²) in [4.78, 5) is 30.7. The molecule has 1 amide bonds. The third-order valence-corrected chi connectivity index (χ3v) is 6.84. The van der Waals surface area contributed by atoms with E-state index in [1.807, 2.05) is 6.07 Å². The number of methoxy groups -OCH3 is 2. The van der Waals surface area contributed by atoms with Crippen LogP contribution in [0.1, 0.15) is 42.1 Å². The van der Waals surface area contributed by atoms with Gasteiger partial charge in [-0.15, -0.1) is 0 Å². The van der Waals surface area contributed by atoms with E-state index in [1.165, 1.54) is 6.20 Å². The average molecular weight is 468 g/mol. The number of hydrogen-bond donors (Lipinski definition) is 3. The largest absolute Gasteiger partial charge is 0.381 e. The highest BCUT2D eigenvalue weighted by atomic mass is 16.5. The third-order valence-electron chi connectivity index (χ3n) is 6.84. The third kappa shape index (κ3) is 3.90. The molecule has 2 saturated carbocycles. The Balaban J connectivity index is 1.43. The summed E-state index contributed by atoms with van der Waals surface area (Å²) in [5, 5.41) is 13.5. The topological polar surface area (TPSA) is 124 Å². The van der Waals surface area contributed by atoms with E-state index in [4.69, 9.17) is 9.47 Å². The smallest absolute Gasteiger partial charge is 0.274 e. The van der Waals surface area contributed by atoms with Crippen LogP contribution in [0.3, 0.4) is 0 Å². The lowest BCUT2D eigenvalue weighted by Crippen LogP contribution is -2.51. The van der Waals surface area contributed by atoms with Crippen molar-refractivity contribution in [1.82, 2.24) is 24.5 Å². The van der Waals surface area contributed by atoms with Crippen LogP contribution in [0.4, 0.5) is 17.3 Å². The number of carbonyl (C=O) groups excluding carboxylic acids is 1. The van der Waals surface area contributed by atoms with Gasteiger partial charge in [-0.25, -0.2) is 4.98 Å². The van der Waals surface area contributed by atoms with Crippen molar-refractivity contribution in [2.45, 2.75) is 50.0 Å². The van der Waals surface area contributed by atoms with Gasteiger partial charge in [-0.2, -0.15) is 9.61 Å². The molecule has 3 heterocycles. The molecule has 3 N–H and O–H groups in total. The second-order valence-electron chi connectivity index (χ2n) is 8.74. The Bertz CT molecular complexity index is 1260. The molecule has 11 nitrogen and oxygen atoms in total. The van der Waals surface area contributed by atoms with Gasteiger partial charge in [0.05, 0.1) is 24.4 Å². The van der Waals surface area contributed by atoms with Gasteiger partial charge in [0.15, 0.2) is 5.65 Å². The molecule has 2 atom stereocenters. The van der Waals surface area contributed by atoms with Crippen LogP contribution < -0.4 is 21.5 Å². The molecule has 3 aromatic rings. The van der Waals surface area contributed by atoms with E-state index < -0.39 is 0 Å². The van der Waals surface area contributed by atoms with Gasteiger partial charge < -0.3 is 30.0 Å². The predicted octanol–water partition coefficient (Wildman–Crippen LogP) is 1.93. The Morgan fingerprint density at radius 3 is 2.71 bits per heavy atom. The molecule has 2 fully saturated rings. The van der Waals surface area contributed by atoms with Crippen LogP contribution in [-0.2, 0) is 9.47 Å². The Labute approximate surface area is 196 Å². The maximum absolute atomic E-state index is 13.1. The van der Waals surface area contributed by atoms with Gasteiger partial charge in [-0.1, -0.05) is 0 Å². The fourth-order valence-corrected chi connectivity index (χ4v) is 4.52. The first-order valence-electron chi connectivity index (χ1n) is 11.4. The molecule has 0 bridgehead atoms. The van der Waals surface area contributed by atoms with E-state index in [1.54, 1.807) is 48.7 Å². The van der Waals surface area contributed by atoms with Crippen molar-refractivity contribution in [3.8, 4) is 0 Å². The second-order valence-corrected chi connectivity index (χ2v) is 8.74. The molecule has 2 aliphatic carbocycles. The van der Waals surface area contributed by atoms with Crippen molar-refractivity contribution in [3.63, 3.8) is 0 Å². The number of pyridine rings is 1. The predicted molar refractivity (Wildman–Crippen MR) is 127 cm³/mol. The van der Waals surface area contributed by atoms with Gasteiger partial charge in [-0.05, 0) is 37.8 Å². The molecule has 5 rings (SSSR count).